The molecule has 0 aliphatic rings. The van der Waals surface area contributed by atoms with Crippen LogP contribution in [0.3, 0.4) is 0 Å². The second-order valence-electron chi connectivity index (χ2n) is 6.35. The molecule has 0 saturated heterocycles. The molecule has 1 aromatic carbocycles. The molecule has 152 valence electrons. The smallest absolute Gasteiger partial charge is 0.407 e. The van der Waals surface area contributed by atoms with Crippen LogP contribution in [-0.2, 0) is 16.1 Å². The van der Waals surface area contributed by atoms with Gasteiger partial charge in [-0.1, -0.05) is 0 Å². The molecular weight excluding hydrogens is 368 g/mol. The van der Waals surface area contributed by atoms with Gasteiger partial charge in [0, 0.05) is 39.2 Å². The van der Waals surface area contributed by atoms with Gasteiger partial charge in [-0.25, -0.2) is 4.79 Å². The van der Waals surface area contributed by atoms with Crippen LogP contribution < -0.4 is 5.76 Å². The van der Waals surface area contributed by atoms with Gasteiger partial charge in [0.25, 0.3) is 5.69 Å². The number of aromatic nitrogens is 1. The van der Waals surface area contributed by atoms with Crippen molar-refractivity contribution >= 4 is 28.6 Å². The molecule has 0 radical (unpaired) electrons. The van der Waals surface area contributed by atoms with Gasteiger partial charge in [-0.05, 0) is 26.3 Å². The summed E-state index contributed by atoms with van der Waals surface area (Å²) < 4.78 is 6.40. The minimum atomic E-state index is -0.631. The first-order chi connectivity index (χ1) is 13.3. The molecule has 0 N–H and O–H groups in total. The molecule has 0 spiro atoms. The van der Waals surface area contributed by atoms with Crippen LogP contribution in [0, 0.1) is 10.1 Å². The van der Waals surface area contributed by atoms with Crippen molar-refractivity contribution in [2.75, 3.05) is 26.7 Å². The van der Waals surface area contributed by atoms with E-state index >= 15 is 0 Å². The van der Waals surface area contributed by atoms with Crippen molar-refractivity contribution in [1.82, 2.24) is 14.4 Å². The minimum absolute atomic E-state index is 0.0127. The third-order valence-corrected chi connectivity index (χ3v) is 4.55. The Balaban J connectivity index is 1.96. The molecule has 1 aromatic heterocycles. The molecule has 2 aromatic rings. The number of fused-ring (bicyclic) bond motifs is 1. The van der Waals surface area contributed by atoms with Crippen molar-refractivity contribution in [3.05, 3.63) is 38.9 Å². The maximum atomic E-state index is 12.2. The maximum absolute atomic E-state index is 12.2. The number of benzene rings is 1. The number of non-ortho nitro benzene ring substituents is 1. The number of carbonyl (C=O) groups is 2. The summed E-state index contributed by atoms with van der Waals surface area (Å²) in [7, 11) is 1.57. The van der Waals surface area contributed by atoms with E-state index in [2.05, 4.69) is 0 Å². The molecule has 0 saturated carbocycles. The Morgan fingerprint density at radius 1 is 1.21 bits per heavy atom. The van der Waals surface area contributed by atoms with Crippen molar-refractivity contribution in [2.24, 2.45) is 0 Å². The number of nitrogens with zero attached hydrogens (tertiary/aromatic N) is 4. The summed E-state index contributed by atoms with van der Waals surface area (Å²) in [5.41, 5.74) is 0.406. The van der Waals surface area contributed by atoms with E-state index in [1.807, 2.05) is 13.8 Å². The Bertz CT molecular complexity index is 928. The number of hydrogen-bond acceptors (Lipinski definition) is 6. The highest BCUT2D eigenvalue weighted by Crippen LogP contribution is 2.20. The maximum Gasteiger partial charge on any atom is 0.419 e. The van der Waals surface area contributed by atoms with Gasteiger partial charge in [-0.3, -0.25) is 24.3 Å². The average Bonchev–Trinajstić information content (AvgIpc) is 2.97. The van der Waals surface area contributed by atoms with E-state index in [9.17, 15) is 24.5 Å². The van der Waals surface area contributed by atoms with Crippen molar-refractivity contribution < 1.29 is 18.9 Å². The Kier molecular flexibility index (Phi) is 6.91. The van der Waals surface area contributed by atoms with Crippen LogP contribution in [0.1, 0.15) is 26.7 Å². The summed E-state index contributed by atoms with van der Waals surface area (Å²) in [5.74, 6) is -0.940. The molecule has 0 fully saturated rings. The SMILES string of the molecule is CCN(CC)C(=O)CN(C)C(=O)CCCn1c(=O)oc2cc([N+](=O)[O-])ccc21. The highest BCUT2D eigenvalue weighted by molar-refractivity contribution is 5.84. The summed E-state index contributed by atoms with van der Waals surface area (Å²) >= 11 is 0. The van der Waals surface area contributed by atoms with E-state index in [-0.39, 0.29) is 42.6 Å². The lowest BCUT2D eigenvalue weighted by atomic mass is 10.2. The summed E-state index contributed by atoms with van der Waals surface area (Å²) in [6.45, 7) is 5.18. The van der Waals surface area contributed by atoms with Gasteiger partial charge >= 0.3 is 5.76 Å². The van der Waals surface area contributed by atoms with Crippen molar-refractivity contribution in [1.29, 1.82) is 0 Å². The van der Waals surface area contributed by atoms with Gasteiger partial charge in [-0.2, -0.15) is 0 Å². The van der Waals surface area contributed by atoms with Crippen molar-refractivity contribution in [3.8, 4) is 0 Å². The number of rotatable bonds is 9. The quantitative estimate of drug-likeness (QED) is 0.472. The number of nitro benzene ring substituents is 1. The topological polar surface area (TPSA) is 119 Å². The first-order valence-electron chi connectivity index (χ1n) is 9.08. The van der Waals surface area contributed by atoms with E-state index in [0.29, 0.717) is 25.0 Å². The highest BCUT2D eigenvalue weighted by atomic mass is 16.6. The fraction of sp³-hybridized carbons (Fsp3) is 0.500. The van der Waals surface area contributed by atoms with Crippen LogP contribution in [0.2, 0.25) is 0 Å². The van der Waals surface area contributed by atoms with Gasteiger partial charge in [-0.15, -0.1) is 0 Å². The van der Waals surface area contributed by atoms with Crippen LogP contribution in [0.5, 0.6) is 0 Å². The fourth-order valence-electron chi connectivity index (χ4n) is 2.93. The third-order valence-electron chi connectivity index (χ3n) is 4.55. The fourth-order valence-corrected chi connectivity index (χ4v) is 2.93. The van der Waals surface area contributed by atoms with Crippen LogP contribution in [0.25, 0.3) is 11.1 Å². The summed E-state index contributed by atoms with van der Waals surface area (Å²) in [6, 6.07) is 3.95. The zero-order chi connectivity index (χ0) is 20.8. The van der Waals surface area contributed by atoms with Gasteiger partial charge in [0.1, 0.15) is 0 Å². The predicted octanol–water partition coefficient (Wildman–Crippen LogP) is 1.61. The normalized spacial score (nSPS) is 10.8. The summed E-state index contributed by atoms with van der Waals surface area (Å²) in [4.78, 5) is 49.6. The monoisotopic (exact) mass is 392 g/mol. The van der Waals surface area contributed by atoms with Gasteiger partial charge in [0.2, 0.25) is 11.8 Å². The van der Waals surface area contributed by atoms with E-state index < -0.39 is 10.7 Å². The van der Waals surface area contributed by atoms with Gasteiger partial charge in [0.15, 0.2) is 5.58 Å². The zero-order valence-corrected chi connectivity index (χ0v) is 16.2. The Labute approximate surface area is 161 Å². The third kappa shape index (κ3) is 4.76. The van der Waals surface area contributed by atoms with E-state index in [0.717, 1.165) is 0 Å². The molecule has 0 aliphatic carbocycles. The van der Waals surface area contributed by atoms with Gasteiger partial charge in [0.05, 0.1) is 23.1 Å². The highest BCUT2D eigenvalue weighted by Gasteiger charge is 2.17. The van der Waals surface area contributed by atoms with Crippen molar-refractivity contribution in [3.63, 3.8) is 0 Å². The largest absolute Gasteiger partial charge is 0.419 e. The summed E-state index contributed by atoms with van der Waals surface area (Å²) in [5, 5.41) is 10.8. The Morgan fingerprint density at radius 2 is 1.89 bits per heavy atom. The number of carbonyl (C=O) groups excluding carboxylic acids is 2. The van der Waals surface area contributed by atoms with E-state index in [1.165, 1.54) is 27.7 Å². The second-order valence-corrected chi connectivity index (χ2v) is 6.35. The van der Waals surface area contributed by atoms with Crippen LogP contribution in [-0.4, -0.2) is 57.8 Å². The first-order valence-corrected chi connectivity index (χ1v) is 9.08. The van der Waals surface area contributed by atoms with Crippen LogP contribution in [0.15, 0.2) is 27.4 Å². The molecule has 0 atom stereocenters. The molecule has 1 heterocycles. The number of aryl methyl sites for hydroxylation is 1. The number of hydrogen-bond donors (Lipinski definition) is 0. The van der Waals surface area contributed by atoms with Crippen LogP contribution in [0.4, 0.5) is 5.69 Å². The summed E-state index contributed by atoms with van der Waals surface area (Å²) in [6.07, 6.45) is 0.530. The molecule has 0 aliphatic heterocycles. The van der Waals surface area contributed by atoms with Gasteiger partial charge < -0.3 is 14.2 Å². The number of nitro groups is 1. The molecular formula is C18H24N4O6. The molecule has 10 heteroatoms. The standard InChI is InChI=1S/C18H24N4O6/c1-4-20(5-2)17(24)12-19(3)16(23)7-6-10-21-14-9-8-13(22(26)27)11-15(14)28-18(21)25/h8-9,11H,4-7,10,12H2,1-3H3. The minimum Gasteiger partial charge on any atom is -0.407 e. The number of oxazole rings is 1. The lowest BCUT2D eigenvalue weighted by Gasteiger charge is -2.23. The average molecular weight is 392 g/mol. The Hall–Kier alpha value is -3.17. The second kappa shape index (κ2) is 9.16. The lowest BCUT2D eigenvalue weighted by Crippen LogP contribution is -2.41. The predicted molar refractivity (Wildman–Crippen MR) is 102 cm³/mol. The van der Waals surface area contributed by atoms with Crippen LogP contribution >= 0.6 is 0 Å². The molecule has 10 nitrogen and oxygen atoms in total. The Morgan fingerprint density at radius 3 is 2.50 bits per heavy atom. The first kappa shape index (κ1) is 21.1. The number of likely N-dealkylation sites (N-methyl/N-ethyl adjacent to an activating group) is 2. The molecule has 2 amide bonds. The molecule has 0 bridgehead atoms. The molecule has 0 unspecified atom stereocenters. The molecule has 28 heavy (non-hydrogen) atoms. The lowest BCUT2D eigenvalue weighted by molar-refractivity contribution is -0.384. The van der Waals surface area contributed by atoms with Crippen molar-refractivity contribution in [2.45, 2.75) is 33.2 Å². The number of amides is 2. The van der Waals surface area contributed by atoms with E-state index in [1.54, 1.807) is 11.9 Å². The molecule has 2 rings (SSSR count). The van der Waals surface area contributed by atoms with E-state index in [4.69, 9.17) is 4.42 Å². The zero-order valence-electron chi connectivity index (χ0n) is 16.2.